The summed E-state index contributed by atoms with van der Waals surface area (Å²) in [7, 11) is 1.32. The highest BCUT2D eigenvalue weighted by molar-refractivity contribution is 7.98. The number of hydrogen-bond donors (Lipinski definition) is 1. The molecular formula is C22H18ClN5O3S. The van der Waals surface area contributed by atoms with E-state index >= 15 is 0 Å². The van der Waals surface area contributed by atoms with E-state index in [9.17, 15) is 9.59 Å². The molecular weight excluding hydrogens is 450 g/mol. The molecule has 4 aromatic rings. The number of anilines is 2. The molecule has 2 heterocycles. The van der Waals surface area contributed by atoms with Crippen molar-refractivity contribution in [1.29, 1.82) is 0 Å². The third kappa shape index (κ3) is 4.68. The van der Waals surface area contributed by atoms with Crippen molar-refractivity contribution in [2.75, 3.05) is 12.4 Å². The van der Waals surface area contributed by atoms with Gasteiger partial charge in [-0.2, -0.15) is 4.68 Å². The maximum absolute atomic E-state index is 13.3. The zero-order valence-electron chi connectivity index (χ0n) is 16.9. The van der Waals surface area contributed by atoms with Crippen LogP contribution in [0.1, 0.15) is 15.9 Å². The van der Waals surface area contributed by atoms with Gasteiger partial charge in [0.15, 0.2) is 0 Å². The van der Waals surface area contributed by atoms with Crippen molar-refractivity contribution in [1.82, 2.24) is 19.5 Å². The Bertz CT molecular complexity index is 1290. The average molecular weight is 468 g/mol. The first-order valence-corrected chi connectivity index (χ1v) is 10.9. The van der Waals surface area contributed by atoms with E-state index in [1.54, 1.807) is 41.3 Å². The number of nitrogens with one attached hydrogen (secondary N) is 1. The lowest BCUT2D eigenvalue weighted by atomic mass is 10.2. The van der Waals surface area contributed by atoms with Gasteiger partial charge in [-0.1, -0.05) is 41.6 Å². The molecule has 10 heteroatoms. The molecule has 0 radical (unpaired) electrons. The molecule has 0 aliphatic heterocycles. The van der Waals surface area contributed by atoms with E-state index in [0.717, 1.165) is 5.56 Å². The predicted molar refractivity (Wildman–Crippen MR) is 124 cm³/mol. The van der Waals surface area contributed by atoms with Crippen molar-refractivity contribution in [2.45, 2.75) is 10.9 Å². The maximum atomic E-state index is 13.3. The number of esters is 1. The van der Waals surface area contributed by atoms with Gasteiger partial charge in [-0.15, -0.1) is 10.2 Å². The molecule has 2 aromatic heterocycles. The van der Waals surface area contributed by atoms with Crippen LogP contribution in [0.2, 0.25) is 5.02 Å². The smallest absolute Gasteiger partial charge is 0.337 e. The largest absolute Gasteiger partial charge is 0.465 e. The van der Waals surface area contributed by atoms with Gasteiger partial charge in [-0.05, 0) is 48.0 Å². The molecule has 0 aliphatic carbocycles. The molecule has 0 aliphatic rings. The number of carbonyl (C=O) groups is 1. The first-order valence-electron chi connectivity index (χ1n) is 9.52. The number of halogens is 1. The zero-order chi connectivity index (χ0) is 22.5. The van der Waals surface area contributed by atoms with Crippen LogP contribution in [0, 0.1) is 0 Å². The molecule has 0 saturated carbocycles. The number of thioether (sulfide) groups is 1. The van der Waals surface area contributed by atoms with Gasteiger partial charge < -0.3 is 10.1 Å². The van der Waals surface area contributed by atoms with Gasteiger partial charge in [0.2, 0.25) is 11.0 Å². The van der Waals surface area contributed by atoms with Crippen LogP contribution in [-0.2, 0) is 10.5 Å². The normalized spacial score (nSPS) is 10.7. The Kier molecular flexibility index (Phi) is 6.58. The van der Waals surface area contributed by atoms with Crippen molar-refractivity contribution >= 4 is 40.8 Å². The van der Waals surface area contributed by atoms with Crippen LogP contribution < -0.4 is 10.9 Å². The molecule has 0 atom stereocenters. The number of benzene rings is 2. The minimum Gasteiger partial charge on any atom is -0.465 e. The molecule has 0 bridgehead atoms. The van der Waals surface area contributed by atoms with Gasteiger partial charge in [0, 0.05) is 28.9 Å². The fourth-order valence-corrected chi connectivity index (χ4v) is 4.11. The number of methoxy groups -OCH3 is 1. The Morgan fingerprint density at radius 1 is 1.06 bits per heavy atom. The standard InChI is InChI=1S/C22H18ClN5O3S/c1-31-21(30)15-8-10-17(11-9-15)24-19-20(29)28(27-12-4-5-13-27)22(26-25-19)32-14-16-6-2-3-7-18(16)23/h2-13H,14H2,1H3,(H,24,25). The van der Waals surface area contributed by atoms with Gasteiger partial charge in [0.05, 0.1) is 12.7 Å². The van der Waals surface area contributed by atoms with Crippen LogP contribution in [0.15, 0.2) is 83.0 Å². The maximum Gasteiger partial charge on any atom is 0.337 e. The Morgan fingerprint density at radius 3 is 2.47 bits per heavy atom. The number of hydrogen-bond acceptors (Lipinski definition) is 7. The predicted octanol–water partition coefficient (Wildman–Crippen LogP) is 4.23. The van der Waals surface area contributed by atoms with Crippen LogP contribution in [0.4, 0.5) is 11.5 Å². The number of rotatable bonds is 7. The summed E-state index contributed by atoms with van der Waals surface area (Å²) in [6, 6.07) is 17.7. The van der Waals surface area contributed by atoms with Gasteiger partial charge in [0.1, 0.15) is 0 Å². The molecule has 0 amide bonds. The highest BCUT2D eigenvalue weighted by Crippen LogP contribution is 2.25. The molecule has 1 N–H and O–H groups in total. The molecule has 0 saturated heterocycles. The lowest BCUT2D eigenvalue weighted by Crippen LogP contribution is -2.30. The molecule has 0 unspecified atom stereocenters. The minimum atomic E-state index is -0.439. The van der Waals surface area contributed by atoms with E-state index in [1.807, 2.05) is 36.4 Å². The second-order valence-electron chi connectivity index (χ2n) is 6.59. The summed E-state index contributed by atoms with van der Waals surface area (Å²) >= 11 is 7.61. The van der Waals surface area contributed by atoms with Crippen molar-refractivity contribution in [3.63, 3.8) is 0 Å². The Labute approximate surface area is 192 Å². The molecule has 162 valence electrons. The quantitative estimate of drug-likeness (QED) is 0.321. The number of aromatic nitrogens is 4. The Balaban J connectivity index is 1.64. The lowest BCUT2D eigenvalue weighted by molar-refractivity contribution is 0.0601. The first-order chi connectivity index (χ1) is 15.6. The zero-order valence-corrected chi connectivity index (χ0v) is 18.5. The summed E-state index contributed by atoms with van der Waals surface area (Å²) in [5.41, 5.74) is 1.54. The number of nitrogens with zero attached hydrogens (tertiary/aromatic N) is 4. The van der Waals surface area contributed by atoms with Crippen molar-refractivity contribution in [3.8, 4) is 0 Å². The highest BCUT2D eigenvalue weighted by Gasteiger charge is 2.15. The summed E-state index contributed by atoms with van der Waals surface area (Å²) in [5, 5.41) is 12.4. The van der Waals surface area contributed by atoms with Gasteiger partial charge in [0.25, 0.3) is 0 Å². The van der Waals surface area contributed by atoms with Crippen LogP contribution >= 0.6 is 23.4 Å². The summed E-state index contributed by atoms with van der Waals surface area (Å²) in [5.74, 6) is 0.134. The Hall–Kier alpha value is -3.56. The number of carbonyl (C=O) groups excluding carboxylic acids is 1. The highest BCUT2D eigenvalue weighted by atomic mass is 35.5. The topological polar surface area (TPSA) is 91.0 Å². The average Bonchev–Trinajstić information content (AvgIpc) is 3.34. The van der Waals surface area contributed by atoms with Gasteiger partial charge in [-0.3, -0.25) is 9.47 Å². The first kappa shape index (κ1) is 21.7. The van der Waals surface area contributed by atoms with Crippen molar-refractivity contribution in [2.24, 2.45) is 0 Å². The van der Waals surface area contributed by atoms with Crippen molar-refractivity contribution < 1.29 is 9.53 Å². The molecule has 0 fully saturated rings. The number of ether oxygens (including phenoxy) is 1. The molecule has 2 aromatic carbocycles. The molecule has 8 nitrogen and oxygen atoms in total. The summed E-state index contributed by atoms with van der Waals surface area (Å²) in [6.07, 6.45) is 3.50. The lowest BCUT2D eigenvalue weighted by Gasteiger charge is -2.14. The van der Waals surface area contributed by atoms with Crippen molar-refractivity contribution in [3.05, 3.63) is 99.6 Å². The van der Waals surface area contributed by atoms with E-state index in [1.165, 1.54) is 23.5 Å². The third-order valence-corrected chi connectivity index (χ3v) is 5.85. The summed E-state index contributed by atoms with van der Waals surface area (Å²) in [4.78, 5) is 24.9. The minimum absolute atomic E-state index is 0.0478. The van der Waals surface area contributed by atoms with Crippen LogP contribution in [0.3, 0.4) is 0 Å². The fraction of sp³-hybridized carbons (Fsp3) is 0.0909. The van der Waals surface area contributed by atoms with E-state index in [0.29, 0.717) is 27.2 Å². The van der Waals surface area contributed by atoms with E-state index in [2.05, 4.69) is 15.5 Å². The van der Waals surface area contributed by atoms with E-state index < -0.39 is 5.97 Å². The monoisotopic (exact) mass is 467 g/mol. The molecule has 32 heavy (non-hydrogen) atoms. The van der Waals surface area contributed by atoms with Crippen LogP contribution in [0.25, 0.3) is 0 Å². The van der Waals surface area contributed by atoms with Gasteiger partial charge in [-0.25, -0.2) is 4.79 Å². The summed E-state index contributed by atoms with van der Waals surface area (Å²) in [6.45, 7) is 0. The molecule has 4 rings (SSSR count). The molecule has 0 spiro atoms. The summed E-state index contributed by atoms with van der Waals surface area (Å²) < 4.78 is 7.76. The van der Waals surface area contributed by atoms with Crippen LogP contribution in [0.5, 0.6) is 0 Å². The van der Waals surface area contributed by atoms with E-state index in [-0.39, 0.29) is 11.4 Å². The van der Waals surface area contributed by atoms with Crippen LogP contribution in [-0.4, -0.2) is 32.6 Å². The SMILES string of the molecule is COC(=O)c1ccc(Nc2nnc(SCc3ccccc3Cl)n(-n3cccc3)c2=O)cc1. The fourth-order valence-electron chi connectivity index (χ4n) is 2.90. The third-order valence-electron chi connectivity index (χ3n) is 4.51. The Morgan fingerprint density at radius 2 is 1.78 bits per heavy atom. The second-order valence-corrected chi connectivity index (χ2v) is 7.93. The van der Waals surface area contributed by atoms with Gasteiger partial charge >= 0.3 is 11.5 Å². The second kappa shape index (κ2) is 9.71. The van der Waals surface area contributed by atoms with E-state index in [4.69, 9.17) is 16.3 Å².